The Balaban J connectivity index is 1.39. The molecule has 2 aromatic carbocycles. The van der Waals surface area contributed by atoms with Gasteiger partial charge in [0.05, 0.1) is 12.5 Å². The van der Waals surface area contributed by atoms with Gasteiger partial charge in [0.25, 0.3) is 0 Å². The number of ether oxygens (including phenoxy) is 1. The summed E-state index contributed by atoms with van der Waals surface area (Å²) in [6, 6.07) is 20.1. The van der Waals surface area contributed by atoms with E-state index in [9.17, 15) is 10.5 Å². The van der Waals surface area contributed by atoms with E-state index in [1.54, 1.807) is 0 Å². The molecule has 39 heavy (non-hydrogen) atoms. The van der Waals surface area contributed by atoms with Crippen LogP contribution in [0.4, 0.5) is 11.5 Å². The molecule has 3 aromatic rings. The molecule has 2 unspecified atom stereocenters. The minimum absolute atomic E-state index is 0.101. The van der Waals surface area contributed by atoms with Gasteiger partial charge in [-0.25, -0.2) is 0 Å². The first-order valence-corrected chi connectivity index (χ1v) is 14.0. The average Bonchev–Trinajstić information content (AvgIpc) is 3.39. The lowest BCUT2D eigenvalue weighted by Gasteiger charge is -2.38. The molecule has 6 rings (SSSR count). The Morgan fingerprint density at radius 3 is 2.74 bits per heavy atom. The van der Waals surface area contributed by atoms with Gasteiger partial charge in [-0.2, -0.15) is 15.5 Å². The summed E-state index contributed by atoms with van der Waals surface area (Å²) in [4.78, 5) is 12.1. The number of benzene rings is 2. The molecule has 3 aliphatic heterocycles. The average molecular weight is 522 g/mol. The van der Waals surface area contributed by atoms with Gasteiger partial charge in [0.1, 0.15) is 24.1 Å². The Bertz CT molecular complexity index is 1440. The first kappa shape index (κ1) is 25.4. The summed E-state index contributed by atoms with van der Waals surface area (Å²) in [6.45, 7) is 5.41. The van der Waals surface area contributed by atoms with Crippen LogP contribution in [0.2, 0.25) is 0 Å². The number of hydrogen-bond donors (Lipinski definition) is 1. The number of aromatic nitrogens is 1. The van der Waals surface area contributed by atoms with Crippen LogP contribution in [-0.4, -0.2) is 68.3 Å². The van der Waals surface area contributed by atoms with Crippen LogP contribution < -0.4 is 19.9 Å². The smallest absolute Gasteiger partial charge is 0.234 e. The van der Waals surface area contributed by atoms with Gasteiger partial charge >= 0.3 is 0 Å². The van der Waals surface area contributed by atoms with Crippen molar-refractivity contribution >= 4 is 22.3 Å². The number of fused-ring (bicyclic) bond motifs is 2. The van der Waals surface area contributed by atoms with E-state index in [0.717, 1.165) is 62.5 Å². The lowest BCUT2D eigenvalue weighted by Crippen LogP contribution is -2.51. The van der Waals surface area contributed by atoms with Gasteiger partial charge in [0.2, 0.25) is 5.88 Å². The molecule has 0 saturated carbocycles. The van der Waals surface area contributed by atoms with Crippen molar-refractivity contribution in [3.05, 3.63) is 59.2 Å². The van der Waals surface area contributed by atoms with Gasteiger partial charge < -0.3 is 24.8 Å². The van der Waals surface area contributed by atoms with Crippen LogP contribution in [0.1, 0.15) is 36.0 Å². The number of hydrogen-bond acceptors (Lipinski definition) is 8. The molecule has 0 radical (unpaired) electrons. The number of piperazine rings is 1. The largest absolute Gasteiger partial charge is 0.475 e. The molecule has 2 fully saturated rings. The Labute approximate surface area is 230 Å². The fourth-order valence-electron chi connectivity index (χ4n) is 6.39. The molecule has 1 N–H and O–H groups in total. The molecule has 0 aliphatic carbocycles. The minimum atomic E-state index is 0.101. The fraction of sp³-hybridized carbons (Fsp3) is 0.452. The monoisotopic (exact) mass is 521 g/mol. The lowest BCUT2D eigenvalue weighted by molar-refractivity contribution is 0.192. The molecule has 0 amide bonds. The molecule has 2 saturated heterocycles. The highest BCUT2D eigenvalue weighted by molar-refractivity contribution is 5.94. The van der Waals surface area contributed by atoms with Gasteiger partial charge in [0.15, 0.2) is 0 Å². The van der Waals surface area contributed by atoms with E-state index in [0.29, 0.717) is 37.1 Å². The molecule has 2 atom stereocenters. The zero-order chi connectivity index (χ0) is 26.8. The molecule has 8 nitrogen and oxygen atoms in total. The van der Waals surface area contributed by atoms with E-state index in [1.807, 2.05) is 0 Å². The summed E-state index contributed by atoms with van der Waals surface area (Å²) in [5.41, 5.74) is 3.91. The predicted octanol–water partition coefficient (Wildman–Crippen LogP) is 3.83. The Morgan fingerprint density at radius 1 is 1.05 bits per heavy atom. The highest BCUT2D eigenvalue weighted by atomic mass is 16.5. The molecule has 8 heteroatoms. The topological polar surface area (TPSA) is 91.5 Å². The normalized spacial score (nSPS) is 21.4. The van der Waals surface area contributed by atoms with Crippen LogP contribution in [0.25, 0.3) is 10.8 Å². The van der Waals surface area contributed by atoms with Crippen molar-refractivity contribution in [2.24, 2.45) is 0 Å². The van der Waals surface area contributed by atoms with Gasteiger partial charge in [-0.1, -0.05) is 36.4 Å². The van der Waals surface area contributed by atoms with Crippen LogP contribution >= 0.6 is 0 Å². The second-order valence-electron chi connectivity index (χ2n) is 10.9. The third kappa shape index (κ3) is 4.98. The van der Waals surface area contributed by atoms with E-state index >= 15 is 0 Å². The van der Waals surface area contributed by atoms with Crippen molar-refractivity contribution in [1.29, 1.82) is 10.5 Å². The van der Waals surface area contributed by atoms with E-state index in [2.05, 4.69) is 81.7 Å². The number of likely N-dealkylation sites (N-methyl/N-ethyl adjacent to an activating group) is 1. The van der Waals surface area contributed by atoms with Crippen molar-refractivity contribution in [2.75, 3.05) is 56.2 Å². The quantitative estimate of drug-likeness (QED) is 0.523. The molecule has 3 aliphatic rings. The number of nitrogens with zero attached hydrogens (tertiary/aromatic N) is 6. The van der Waals surface area contributed by atoms with Crippen molar-refractivity contribution < 1.29 is 4.74 Å². The molecule has 4 heterocycles. The van der Waals surface area contributed by atoms with Crippen LogP contribution in [-0.2, 0) is 13.0 Å². The predicted molar refractivity (Wildman–Crippen MR) is 153 cm³/mol. The summed E-state index contributed by atoms with van der Waals surface area (Å²) in [6.07, 6.45) is 3.52. The number of likely N-dealkylation sites (tertiary alicyclic amines) is 1. The third-order valence-electron chi connectivity index (χ3n) is 8.53. The maximum atomic E-state index is 10.4. The Hall–Kier alpha value is -3.85. The lowest BCUT2D eigenvalue weighted by atomic mass is 9.94. The molecule has 0 bridgehead atoms. The minimum Gasteiger partial charge on any atom is -0.475 e. The van der Waals surface area contributed by atoms with Crippen molar-refractivity contribution in [3.8, 4) is 18.0 Å². The van der Waals surface area contributed by atoms with Crippen LogP contribution in [0.15, 0.2) is 42.5 Å². The van der Waals surface area contributed by atoms with E-state index in [4.69, 9.17) is 9.72 Å². The van der Waals surface area contributed by atoms with Crippen LogP contribution in [0, 0.1) is 22.7 Å². The SMILES string of the molecule is CN1CCCC1COc1nc(N2CCNC(CC#N)C2)c2c(c1C#N)CN(c1cccc3ccccc13)CC2. The zero-order valence-corrected chi connectivity index (χ0v) is 22.6. The Kier molecular flexibility index (Phi) is 7.24. The zero-order valence-electron chi connectivity index (χ0n) is 22.6. The number of rotatable bonds is 6. The highest BCUT2D eigenvalue weighted by Crippen LogP contribution is 2.38. The standard InChI is InChI=1S/C31H35N7O/c1-36-15-5-8-24(36)21-39-31-27(18-33)28-20-37(29-10-4-7-22-6-2-3-9-25(22)29)16-12-26(28)30(35-31)38-17-14-34-23(19-38)11-13-32/h2-4,6-7,9-10,23-24,34H,5,8,11-12,14-17,19-21H2,1H3. The van der Waals surface area contributed by atoms with Crippen molar-refractivity contribution in [3.63, 3.8) is 0 Å². The molecule has 200 valence electrons. The second kappa shape index (κ2) is 11.1. The van der Waals surface area contributed by atoms with E-state index in [-0.39, 0.29) is 6.04 Å². The van der Waals surface area contributed by atoms with Crippen LogP contribution in [0.5, 0.6) is 5.88 Å². The number of nitrogens with one attached hydrogen (secondary N) is 1. The summed E-state index contributed by atoms with van der Waals surface area (Å²) in [7, 11) is 2.13. The summed E-state index contributed by atoms with van der Waals surface area (Å²) in [5, 5.41) is 25.6. The Morgan fingerprint density at radius 2 is 1.92 bits per heavy atom. The molecule has 1 aromatic heterocycles. The summed E-state index contributed by atoms with van der Waals surface area (Å²) in [5.74, 6) is 1.36. The number of nitriles is 2. The van der Waals surface area contributed by atoms with Gasteiger partial charge in [-0.05, 0) is 44.3 Å². The number of pyridine rings is 1. The fourth-order valence-corrected chi connectivity index (χ4v) is 6.39. The van der Waals surface area contributed by atoms with E-state index in [1.165, 1.54) is 22.9 Å². The first-order valence-electron chi connectivity index (χ1n) is 14.0. The van der Waals surface area contributed by atoms with Crippen molar-refractivity contribution in [1.82, 2.24) is 15.2 Å². The van der Waals surface area contributed by atoms with Crippen LogP contribution in [0.3, 0.4) is 0 Å². The maximum Gasteiger partial charge on any atom is 0.234 e. The number of anilines is 2. The maximum absolute atomic E-state index is 10.4. The molecular formula is C31H35N7O. The highest BCUT2D eigenvalue weighted by Gasteiger charge is 2.32. The molecular weight excluding hydrogens is 486 g/mol. The van der Waals surface area contributed by atoms with E-state index < -0.39 is 0 Å². The van der Waals surface area contributed by atoms with Gasteiger partial charge in [-0.15, -0.1) is 0 Å². The summed E-state index contributed by atoms with van der Waals surface area (Å²) < 4.78 is 6.38. The van der Waals surface area contributed by atoms with Crippen molar-refractivity contribution in [2.45, 2.75) is 44.3 Å². The third-order valence-corrected chi connectivity index (χ3v) is 8.53. The first-order chi connectivity index (χ1) is 19.2. The van der Waals surface area contributed by atoms with Gasteiger partial charge in [0, 0.05) is 67.0 Å². The molecule has 0 spiro atoms. The summed E-state index contributed by atoms with van der Waals surface area (Å²) >= 11 is 0. The second-order valence-corrected chi connectivity index (χ2v) is 10.9. The van der Waals surface area contributed by atoms with Gasteiger partial charge in [-0.3, -0.25) is 0 Å².